The average molecular weight is 276 g/mol. The van der Waals surface area contributed by atoms with Gasteiger partial charge in [-0.2, -0.15) is 0 Å². The van der Waals surface area contributed by atoms with Crippen LogP contribution in [0.4, 0.5) is 13.2 Å². The Bertz CT molecular complexity index is 669. The normalized spacial score (nSPS) is 11.2. The van der Waals surface area contributed by atoms with Crippen molar-refractivity contribution in [2.75, 3.05) is 0 Å². The zero-order valence-corrected chi connectivity index (χ0v) is 10.3. The Morgan fingerprint density at radius 2 is 1.30 bits per heavy atom. The summed E-state index contributed by atoms with van der Waals surface area (Å²) in [4.78, 5) is 5.96. The molecule has 0 saturated carbocycles. The van der Waals surface area contributed by atoms with E-state index < -0.39 is 23.4 Å². The second-order valence-electron chi connectivity index (χ2n) is 4.47. The lowest BCUT2D eigenvalue weighted by molar-refractivity contribution is 0.489. The molecule has 2 heterocycles. The summed E-state index contributed by atoms with van der Waals surface area (Å²) in [6, 6.07) is 8.55. The molecule has 102 valence electrons. The van der Waals surface area contributed by atoms with E-state index >= 15 is 0 Å². The molecule has 0 radical (unpaired) electrons. The van der Waals surface area contributed by atoms with Crippen LogP contribution >= 0.6 is 0 Å². The summed E-state index contributed by atoms with van der Waals surface area (Å²) >= 11 is 0. The van der Waals surface area contributed by atoms with E-state index in [-0.39, 0.29) is 5.56 Å². The Morgan fingerprint density at radius 3 is 1.80 bits per heavy atom. The highest BCUT2D eigenvalue weighted by atomic mass is 19.2. The molecule has 3 aromatic rings. The number of benzene rings is 1. The van der Waals surface area contributed by atoms with E-state index in [0.717, 1.165) is 6.07 Å². The Morgan fingerprint density at radius 1 is 0.750 bits per heavy atom. The van der Waals surface area contributed by atoms with Crippen molar-refractivity contribution >= 4 is 0 Å². The number of aromatic nitrogens is 2. The lowest BCUT2D eigenvalue weighted by Gasteiger charge is -2.16. The van der Waals surface area contributed by atoms with Crippen LogP contribution in [0, 0.1) is 17.5 Å². The standard InChI is InChI=1S/C15H11F3N2/c16-10-8-12(18)11(17)7-9(10)15(13-3-1-5-19-13)14-4-2-6-20-14/h1-8,15,19-20H. The molecule has 0 spiro atoms. The fraction of sp³-hybridized carbons (Fsp3) is 0.0667. The summed E-state index contributed by atoms with van der Waals surface area (Å²) < 4.78 is 40.5. The predicted molar refractivity (Wildman–Crippen MR) is 68.8 cm³/mol. The fourth-order valence-corrected chi connectivity index (χ4v) is 2.31. The number of nitrogens with one attached hydrogen (secondary N) is 2. The Labute approximate surface area is 113 Å². The molecule has 0 aliphatic rings. The molecule has 2 N–H and O–H groups in total. The van der Waals surface area contributed by atoms with Crippen LogP contribution in [0.5, 0.6) is 0 Å². The molecule has 0 aliphatic heterocycles. The highest BCUT2D eigenvalue weighted by Crippen LogP contribution is 2.32. The molecule has 20 heavy (non-hydrogen) atoms. The zero-order chi connectivity index (χ0) is 14.1. The third-order valence-electron chi connectivity index (χ3n) is 3.22. The third-order valence-corrected chi connectivity index (χ3v) is 3.22. The van der Waals surface area contributed by atoms with Gasteiger partial charge in [-0.1, -0.05) is 0 Å². The first-order chi connectivity index (χ1) is 9.66. The molecule has 2 nitrogen and oxygen atoms in total. The zero-order valence-electron chi connectivity index (χ0n) is 10.3. The molecule has 0 amide bonds. The van der Waals surface area contributed by atoms with Gasteiger partial charge in [0.1, 0.15) is 5.82 Å². The van der Waals surface area contributed by atoms with Crippen molar-refractivity contribution in [3.8, 4) is 0 Å². The van der Waals surface area contributed by atoms with Crippen LogP contribution in [0.15, 0.2) is 48.8 Å². The van der Waals surface area contributed by atoms with Crippen LogP contribution < -0.4 is 0 Å². The first kappa shape index (κ1) is 12.6. The summed E-state index contributed by atoms with van der Waals surface area (Å²) in [5.41, 5.74) is 1.46. The van der Waals surface area contributed by atoms with Crippen molar-refractivity contribution in [3.63, 3.8) is 0 Å². The highest BCUT2D eigenvalue weighted by Gasteiger charge is 2.23. The number of rotatable bonds is 3. The largest absolute Gasteiger partial charge is 0.364 e. The van der Waals surface area contributed by atoms with Crippen LogP contribution in [0.2, 0.25) is 0 Å². The van der Waals surface area contributed by atoms with Gasteiger partial charge in [-0.05, 0) is 30.3 Å². The number of aromatic amines is 2. The van der Waals surface area contributed by atoms with Crippen molar-refractivity contribution < 1.29 is 13.2 Å². The molecule has 0 atom stereocenters. The van der Waals surface area contributed by atoms with Crippen LogP contribution in [0.25, 0.3) is 0 Å². The molecule has 0 saturated heterocycles. The van der Waals surface area contributed by atoms with E-state index in [9.17, 15) is 13.2 Å². The van der Waals surface area contributed by atoms with E-state index in [1.54, 1.807) is 36.7 Å². The number of halogens is 3. The molecule has 0 fully saturated rings. The Kier molecular flexibility index (Phi) is 3.10. The van der Waals surface area contributed by atoms with E-state index in [0.29, 0.717) is 17.5 Å². The molecule has 1 aromatic carbocycles. The van der Waals surface area contributed by atoms with Crippen molar-refractivity contribution in [3.05, 3.63) is 83.2 Å². The van der Waals surface area contributed by atoms with Gasteiger partial charge >= 0.3 is 0 Å². The van der Waals surface area contributed by atoms with Crippen molar-refractivity contribution in [1.29, 1.82) is 0 Å². The summed E-state index contributed by atoms with van der Waals surface area (Å²) in [6.45, 7) is 0. The van der Waals surface area contributed by atoms with Crippen LogP contribution in [0.1, 0.15) is 22.9 Å². The minimum Gasteiger partial charge on any atom is -0.364 e. The van der Waals surface area contributed by atoms with Gasteiger partial charge in [0, 0.05) is 35.4 Å². The summed E-state index contributed by atoms with van der Waals surface area (Å²) in [6.07, 6.45) is 3.39. The van der Waals surface area contributed by atoms with E-state index in [4.69, 9.17) is 0 Å². The van der Waals surface area contributed by atoms with E-state index in [1.807, 2.05) is 0 Å². The van der Waals surface area contributed by atoms with Crippen molar-refractivity contribution in [1.82, 2.24) is 9.97 Å². The molecule has 5 heteroatoms. The van der Waals surface area contributed by atoms with E-state index in [1.165, 1.54) is 0 Å². The van der Waals surface area contributed by atoms with Gasteiger partial charge in [0.25, 0.3) is 0 Å². The number of hydrogen-bond acceptors (Lipinski definition) is 0. The number of hydrogen-bond donors (Lipinski definition) is 2. The van der Waals surface area contributed by atoms with Gasteiger partial charge in [0.15, 0.2) is 11.6 Å². The molecular formula is C15H11F3N2. The molecule has 0 unspecified atom stereocenters. The monoisotopic (exact) mass is 276 g/mol. The quantitative estimate of drug-likeness (QED) is 0.679. The second kappa shape index (κ2) is 4.92. The maximum atomic E-state index is 14.0. The second-order valence-corrected chi connectivity index (χ2v) is 4.47. The lowest BCUT2D eigenvalue weighted by atomic mass is 9.92. The van der Waals surface area contributed by atoms with Crippen LogP contribution in [-0.2, 0) is 0 Å². The minimum absolute atomic E-state index is 0.0776. The molecular weight excluding hydrogens is 265 g/mol. The highest BCUT2D eigenvalue weighted by molar-refractivity contribution is 5.39. The van der Waals surface area contributed by atoms with Gasteiger partial charge in [-0.3, -0.25) is 0 Å². The predicted octanol–water partition coefficient (Wildman–Crippen LogP) is 3.94. The van der Waals surface area contributed by atoms with Gasteiger partial charge in [-0.25, -0.2) is 13.2 Å². The van der Waals surface area contributed by atoms with Crippen LogP contribution in [-0.4, -0.2) is 9.97 Å². The summed E-state index contributed by atoms with van der Waals surface area (Å²) in [5, 5.41) is 0. The smallest absolute Gasteiger partial charge is 0.161 e. The lowest BCUT2D eigenvalue weighted by Crippen LogP contribution is -2.08. The minimum atomic E-state index is -1.19. The third kappa shape index (κ3) is 2.11. The molecule has 0 aliphatic carbocycles. The van der Waals surface area contributed by atoms with E-state index in [2.05, 4.69) is 9.97 Å². The molecule has 2 aromatic heterocycles. The average Bonchev–Trinajstić information content (AvgIpc) is 3.09. The maximum absolute atomic E-state index is 14.0. The Hall–Kier alpha value is -2.43. The van der Waals surface area contributed by atoms with Crippen molar-refractivity contribution in [2.45, 2.75) is 5.92 Å². The summed E-state index contributed by atoms with van der Waals surface area (Å²) in [7, 11) is 0. The molecule has 3 rings (SSSR count). The van der Waals surface area contributed by atoms with Gasteiger partial charge < -0.3 is 9.97 Å². The topological polar surface area (TPSA) is 31.6 Å². The van der Waals surface area contributed by atoms with Crippen LogP contribution in [0.3, 0.4) is 0 Å². The molecule has 0 bridgehead atoms. The number of H-pyrrole nitrogens is 2. The fourth-order valence-electron chi connectivity index (χ4n) is 2.31. The first-order valence-corrected chi connectivity index (χ1v) is 6.08. The summed E-state index contributed by atoms with van der Waals surface area (Å²) in [5.74, 6) is -3.58. The van der Waals surface area contributed by atoms with Gasteiger partial charge in [0.2, 0.25) is 0 Å². The SMILES string of the molecule is Fc1cc(F)c(C(c2ccc[nH]2)c2ccc[nH]2)cc1F. The van der Waals surface area contributed by atoms with Gasteiger partial charge in [0.05, 0.1) is 5.92 Å². The Balaban J connectivity index is 2.18. The first-order valence-electron chi connectivity index (χ1n) is 6.08. The van der Waals surface area contributed by atoms with Crippen molar-refractivity contribution in [2.24, 2.45) is 0 Å². The maximum Gasteiger partial charge on any atom is 0.161 e. The van der Waals surface area contributed by atoms with Gasteiger partial charge in [-0.15, -0.1) is 0 Å².